The molecule has 0 saturated heterocycles. The average Bonchev–Trinajstić information content (AvgIpc) is 2.91. The molecule has 0 radical (unpaired) electrons. The Bertz CT molecular complexity index is 743. The smallest absolute Gasteiger partial charge is 0.244 e. The van der Waals surface area contributed by atoms with Gasteiger partial charge >= 0.3 is 0 Å². The van der Waals surface area contributed by atoms with Gasteiger partial charge in [0.1, 0.15) is 6.07 Å². The van der Waals surface area contributed by atoms with Gasteiger partial charge in [-0.2, -0.15) is 5.26 Å². The van der Waals surface area contributed by atoms with Gasteiger partial charge in [0.05, 0.1) is 17.9 Å². The molecule has 6 heteroatoms. The molecular weight excluding hydrogens is 280 g/mol. The summed E-state index contributed by atoms with van der Waals surface area (Å²) in [6, 6.07) is 12.1. The number of allylic oxidation sites excluding steroid dienone is 1. The van der Waals surface area contributed by atoms with Crippen molar-refractivity contribution in [2.75, 3.05) is 7.11 Å². The zero-order chi connectivity index (χ0) is 15.5. The van der Waals surface area contributed by atoms with Gasteiger partial charge in [-0.1, -0.05) is 30.3 Å². The van der Waals surface area contributed by atoms with Crippen molar-refractivity contribution in [1.82, 2.24) is 10.2 Å². The molecule has 0 amide bonds. The first-order valence-corrected chi connectivity index (χ1v) is 6.92. The van der Waals surface area contributed by atoms with Crippen molar-refractivity contribution in [2.45, 2.75) is 18.9 Å². The summed E-state index contributed by atoms with van der Waals surface area (Å²) < 4.78 is 10.7. The number of hydrogen-bond donors (Lipinski definition) is 2. The summed E-state index contributed by atoms with van der Waals surface area (Å²) >= 11 is 0. The highest BCUT2D eigenvalue weighted by Crippen LogP contribution is 2.40. The first-order chi connectivity index (χ1) is 10.7. The highest BCUT2D eigenvalue weighted by molar-refractivity contribution is 5.49. The lowest BCUT2D eigenvalue weighted by Gasteiger charge is -2.23. The van der Waals surface area contributed by atoms with Crippen LogP contribution in [0.25, 0.3) is 0 Å². The molecule has 3 N–H and O–H groups in total. The topological polar surface area (TPSA) is 97.0 Å². The standard InChI is InChI=1S/C16H16N4O2/c1-21-9-13-14-11(7-10-5-3-2-4-6-10)12(8-17)15(18)22-16(14)20-19-13/h2-6,11H,7,9,18H2,1H3,(H,19,20)/t11-/m0/s1. The van der Waals surface area contributed by atoms with Gasteiger partial charge in [0.15, 0.2) is 0 Å². The number of nitrogens with zero attached hydrogens (tertiary/aromatic N) is 2. The molecule has 1 aliphatic rings. The zero-order valence-corrected chi connectivity index (χ0v) is 12.2. The van der Waals surface area contributed by atoms with Crippen LogP contribution in [0.15, 0.2) is 41.8 Å². The maximum Gasteiger partial charge on any atom is 0.244 e. The fourth-order valence-electron chi connectivity index (χ4n) is 2.72. The third kappa shape index (κ3) is 2.43. The Morgan fingerprint density at radius 3 is 2.86 bits per heavy atom. The number of H-pyrrole nitrogens is 1. The Labute approximate surface area is 128 Å². The second-order valence-corrected chi connectivity index (χ2v) is 5.09. The minimum absolute atomic E-state index is 0.117. The molecule has 0 bridgehead atoms. The van der Waals surface area contributed by atoms with E-state index in [2.05, 4.69) is 16.3 Å². The Balaban J connectivity index is 2.05. The van der Waals surface area contributed by atoms with E-state index in [0.29, 0.717) is 24.5 Å². The minimum Gasteiger partial charge on any atom is -0.420 e. The van der Waals surface area contributed by atoms with Gasteiger partial charge in [0.2, 0.25) is 11.8 Å². The highest BCUT2D eigenvalue weighted by Gasteiger charge is 2.33. The summed E-state index contributed by atoms with van der Waals surface area (Å²) in [5.41, 5.74) is 9.07. The first-order valence-electron chi connectivity index (χ1n) is 6.92. The van der Waals surface area contributed by atoms with Gasteiger partial charge < -0.3 is 15.2 Å². The van der Waals surface area contributed by atoms with Gasteiger partial charge in [0, 0.05) is 18.6 Å². The third-order valence-electron chi connectivity index (χ3n) is 3.71. The van der Waals surface area contributed by atoms with Crippen LogP contribution in [0, 0.1) is 11.3 Å². The highest BCUT2D eigenvalue weighted by atomic mass is 16.5. The number of fused-ring (bicyclic) bond motifs is 1. The van der Waals surface area contributed by atoms with E-state index in [1.165, 1.54) is 0 Å². The van der Waals surface area contributed by atoms with Gasteiger partial charge in [-0.3, -0.25) is 5.10 Å². The number of nitriles is 1. The Morgan fingerprint density at radius 1 is 1.41 bits per heavy atom. The average molecular weight is 296 g/mol. The molecule has 1 aliphatic heterocycles. The molecule has 1 atom stereocenters. The molecule has 0 aliphatic carbocycles. The third-order valence-corrected chi connectivity index (χ3v) is 3.71. The summed E-state index contributed by atoms with van der Waals surface area (Å²) in [7, 11) is 1.61. The van der Waals surface area contributed by atoms with Crippen molar-refractivity contribution < 1.29 is 9.47 Å². The molecule has 2 heterocycles. The predicted molar refractivity (Wildman–Crippen MR) is 79.6 cm³/mol. The molecule has 22 heavy (non-hydrogen) atoms. The number of ether oxygens (including phenoxy) is 2. The Hall–Kier alpha value is -2.78. The van der Waals surface area contributed by atoms with Crippen LogP contribution in [-0.4, -0.2) is 17.3 Å². The summed E-state index contributed by atoms with van der Waals surface area (Å²) in [6.07, 6.45) is 0.650. The quantitative estimate of drug-likeness (QED) is 0.899. The number of rotatable bonds is 4. The Kier molecular flexibility index (Phi) is 3.81. The van der Waals surface area contributed by atoms with E-state index in [4.69, 9.17) is 15.2 Å². The van der Waals surface area contributed by atoms with Crippen LogP contribution in [0.4, 0.5) is 0 Å². The van der Waals surface area contributed by atoms with Gasteiger partial charge in [-0.05, 0) is 12.0 Å². The summed E-state index contributed by atoms with van der Waals surface area (Å²) in [4.78, 5) is 0. The van der Waals surface area contributed by atoms with Crippen LogP contribution in [0.1, 0.15) is 22.7 Å². The molecule has 0 unspecified atom stereocenters. The first kappa shape index (κ1) is 14.2. The number of nitrogens with one attached hydrogen (secondary N) is 1. The lowest BCUT2D eigenvalue weighted by atomic mass is 9.85. The fraction of sp³-hybridized carbons (Fsp3) is 0.250. The second kappa shape index (κ2) is 5.92. The van der Waals surface area contributed by atoms with Crippen molar-refractivity contribution >= 4 is 0 Å². The molecule has 112 valence electrons. The van der Waals surface area contributed by atoms with E-state index in [0.717, 1.165) is 16.8 Å². The molecule has 1 aromatic heterocycles. The van der Waals surface area contributed by atoms with Crippen molar-refractivity contribution in [3.63, 3.8) is 0 Å². The van der Waals surface area contributed by atoms with Crippen molar-refractivity contribution in [3.8, 4) is 11.9 Å². The summed E-state index contributed by atoms with van der Waals surface area (Å²) in [5, 5.41) is 16.5. The second-order valence-electron chi connectivity index (χ2n) is 5.09. The van der Waals surface area contributed by atoms with E-state index in [9.17, 15) is 5.26 Å². The Morgan fingerprint density at radius 2 is 2.18 bits per heavy atom. The molecule has 0 saturated carbocycles. The van der Waals surface area contributed by atoms with Crippen molar-refractivity contribution in [2.24, 2.45) is 5.73 Å². The number of aromatic amines is 1. The van der Waals surface area contributed by atoms with Crippen LogP contribution >= 0.6 is 0 Å². The van der Waals surface area contributed by atoms with Gasteiger partial charge in [-0.25, -0.2) is 0 Å². The fourth-order valence-corrected chi connectivity index (χ4v) is 2.72. The number of benzene rings is 1. The molecule has 1 aromatic carbocycles. The molecule has 3 rings (SSSR count). The number of aromatic nitrogens is 2. The predicted octanol–water partition coefficient (Wildman–Crippen LogP) is 1.97. The molecular formula is C16H16N4O2. The number of methoxy groups -OCH3 is 1. The van der Waals surface area contributed by atoms with Crippen LogP contribution < -0.4 is 10.5 Å². The lowest BCUT2D eigenvalue weighted by molar-refractivity contribution is 0.180. The molecule has 0 spiro atoms. The summed E-state index contributed by atoms with van der Waals surface area (Å²) in [5.74, 6) is 0.343. The summed E-state index contributed by atoms with van der Waals surface area (Å²) in [6.45, 7) is 0.371. The maximum atomic E-state index is 9.46. The molecule has 6 nitrogen and oxygen atoms in total. The van der Waals surface area contributed by atoms with E-state index < -0.39 is 0 Å². The van der Waals surface area contributed by atoms with Gasteiger partial charge in [-0.15, -0.1) is 5.10 Å². The lowest BCUT2D eigenvalue weighted by Crippen LogP contribution is -2.22. The largest absolute Gasteiger partial charge is 0.420 e. The van der Waals surface area contributed by atoms with Crippen LogP contribution in [0.3, 0.4) is 0 Å². The van der Waals surface area contributed by atoms with E-state index in [1.54, 1.807) is 7.11 Å². The van der Waals surface area contributed by atoms with E-state index in [1.807, 2.05) is 30.3 Å². The zero-order valence-electron chi connectivity index (χ0n) is 12.2. The maximum absolute atomic E-state index is 9.46. The van der Waals surface area contributed by atoms with Crippen molar-refractivity contribution in [3.05, 3.63) is 58.6 Å². The van der Waals surface area contributed by atoms with Crippen LogP contribution in [0.2, 0.25) is 0 Å². The van der Waals surface area contributed by atoms with Crippen LogP contribution in [-0.2, 0) is 17.8 Å². The number of hydrogen-bond acceptors (Lipinski definition) is 5. The van der Waals surface area contributed by atoms with Crippen molar-refractivity contribution in [1.29, 1.82) is 5.26 Å². The van der Waals surface area contributed by atoms with E-state index >= 15 is 0 Å². The van der Waals surface area contributed by atoms with Crippen LogP contribution in [0.5, 0.6) is 5.88 Å². The minimum atomic E-state index is -0.194. The van der Waals surface area contributed by atoms with E-state index in [-0.39, 0.29) is 11.8 Å². The molecule has 2 aromatic rings. The SMILES string of the molecule is COCc1[nH]nc2c1[C@@H](Cc1ccccc1)C(C#N)=C(N)O2. The number of nitrogens with two attached hydrogens (primary N) is 1. The monoisotopic (exact) mass is 296 g/mol. The normalized spacial score (nSPS) is 16.8. The van der Waals surface area contributed by atoms with Gasteiger partial charge in [0.25, 0.3) is 0 Å². The molecule has 0 fully saturated rings.